The van der Waals surface area contributed by atoms with Gasteiger partial charge in [0.15, 0.2) is 3.95 Å². The number of para-hydroxylation sites is 1. The summed E-state index contributed by atoms with van der Waals surface area (Å²) in [6, 6.07) is 7.30. The number of carboxylic acids is 1. The van der Waals surface area contributed by atoms with E-state index in [1.807, 2.05) is 18.2 Å². The summed E-state index contributed by atoms with van der Waals surface area (Å²) in [5.41, 5.74) is 0.364. The van der Waals surface area contributed by atoms with Gasteiger partial charge in [0.25, 0.3) is 5.91 Å². The van der Waals surface area contributed by atoms with Crippen LogP contribution in [-0.4, -0.2) is 26.7 Å². The third kappa shape index (κ3) is 3.75. The van der Waals surface area contributed by atoms with Gasteiger partial charge in [0.1, 0.15) is 0 Å². The Kier molecular flexibility index (Phi) is 4.91. The van der Waals surface area contributed by atoms with Crippen molar-refractivity contribution >= 4 is 47.6 Å². The highest BCUT2D eigenvalue weighted by Gasteiger charge is 2.15. The molecule has 1 aliphatic rings. The predicted octanol–water partition coefficient (Wildman–Crippen LogP) is 1.87. The highest BCUT2D eigenvalue weighted by molar-refractivity contribution is 7.73. The maximum atomic E-state index is 12.2. The summed E-state index contributed by atoms with van der Waals surface area (Å²) in [6.45, 7) is 0.307. The molecule has 8 heteroatoms. The molecule has 0 aliphatic carbocycles. The maximum Gasteiger partial charge on any atom is 0.303 e. The Morgan fingerprint density at radius 3 is 2.88 bits per heavy atom. The molecule has 2 heterocycles. The van der Waals surface area contributed by atoms with Gasteiger partial charge in [-0.15, -0.1) is 11.3 Å². The van der Waals surface area contributed by atoms with Crippen LogP contribution in [0.4, 0.5) is 0 Å². The van der Waals surface area contributed by atoms with Crippen LogP contribution in [-0.2, 0) is 16.1 Å². The van der Waals surface area contributed by atoms with Gasteiger partial charge in [0, 0.05) is 23.8 Å². The fourth-order valence-corrected chi connectivity index (χ4v) is 3.76. The molecule has 1 aromatic carbocycles. The zero-order valence-corrected chi connectivity index (χ0v) is 14.6. The Bertz CT molecular complexity index is 1060. The number of hydrogen-bond donors (Lipinski definition) is 2. The molecular weight excluding hydrogens is 360 g/mol. The largest absolute Gasteiger partial charge is 0.493 e. The van der Waals surface area contributed by atoms with E-state index in [1.54, 1.807) is 18.2 Å². The van der Waals surface area contributed by atoms with Gasteiger partial charge >= 0.3 is 5.97 Å². The Balaban J connectivity index is 1.94. The van der Waals surface area contributed by atoms with Crippen LogP contribution in [0.15, 0.2) is 34.8 Å². The number of amides is 1. The zero-order chi connectivity index (χ0) is 18.0. The minimum Gasteiger partial charge on any atom is -0.493 e. The van der Waals surface area contributed by atoms with Crippen LogP contribution >= 0.6 is 23.6 Å². The lowest BCUT2D eigenvalue weighted by Crippen LogP contribution is -2.29. The number of carbonyl (C=O) groups is 2. The van der Waals surface area contributed by atoms with Gasteiger partial charge in [-0.25, -0.2) is 4.99 Å². The molecule has 6 nitrogen and oxygen atoms in total. The van der Waals surface area contributed by atoms with Crippen molar-refractivity contribution in [3.05, 3.63) is 49.2 Å². The fraction of sp³-hybridized carbons (Fsp3) is 0.176. The number of hydrogen-bond acceptors (Lipinski definition) is 5. The molecule has 0 saturated carbocycles. The number of rotatable bonds is 5. The van der Waals surface area contributed by atoms with Gasteiger partial charge in [-0.1, -0.05) is 18.2 Å². The monoisotopic (exact) mass is 374 g/mol. The van der Waals surface area contributed by atoms with Crippen molar-refractivity contribution in [3.8, 4) is 5.88 Å². The van der Waals surface area contributed by atoms with Crippen molar-refractivity contribution in [2.24, 2.45) is 4.99 Å². The zero-order valence-electron chi connectivity index (χ0n) is 13.0. The Morgan fingerprint density at radius 2 is 2.12 bits per heavy atom. The van der Waals surface area contributed by atoms with Crippen molar-refractivity contribution < 1.29 is 19.8 Å². The van der Waals surface area contributed by atoms with E-state index in [1.165, 1.54) is 15.9 Å². The third-order valence-electron chi connectivity index (χ3n) is 3.67. The van der Waals surface area contributed by atoms with Gasteiger partial charge in [0.05, 0.1) is 10.2 Å². The van der Waals surface area contributed by atoms with Crippen molar-refractivity contribution in [2.45, 2.75) is 19.4 Å². The van der Waals surface area contributed by atoms with Crippen LogP contribution < -0.4 is 10.6 Å². The highest BCUT2D eigenvalue weighted by Crippen LogP contribution is 2.29. The fourth-order valence-electron chi connectivity index (χ4n) is 2.45. The number of carbonyl (C=O) groups excluding carboxylic acids is 1. The highest BCUT2D eigenvalue weighted by atomic mass is 32.1. The molecule has 0 radical (unpaired) electrons. The molecule has 1 amide bonds. The number of fused-ring (bicyclic) bond motifs is 1. The van der Waals surface area contributed by atoms with Crippen LogP contribution in [0.5, 0.6) is 5.88 Å². The molecule has 2 aromatic rings. The summed E-state index contributed by atoms with van der Waals surface area (Å²) in [7, 11) is 0. The van der Waals surface area contributed by atoms with E-state index in [0.717, 1.165) is 5.22 Å². The molecule has 0 unspecified atom stereocenters. The van der Waals surface area contributed by atoms with Crippen molar-refractivity contribution in [2.75, 3.05) is 0 Å². The molecule has 0 bridgehead atoms. The average molecular weight is 374 g/mol. The van der Waals surface area contributed by atoms with E-state index in [2.05, 4.69) is 4.99 Å². The molecule has 0 fully saturated rings. The van der Waals surface area contributed by atoms with Gasteiger partial charge in [-0.3, -0.25) is 14.2 Å². The van der Waals surface area contributed by atoms with Gasteiger partial charge in [-0.2, -0.15) is 0 Å². The van der Waals surface area contributed by atoms with Crippen LogP contribution in [0.25, 0.3) is 12.2 Å². The summed E-state index contributed by atoms with van der Waals surface area (Å²) in [4.78, 5) is 27.3. The second kappa shape index (κ2) is 7.12. The van der Waals surface area contributed by atoms with Crippen LogP contribution in [0.3, 0.4) is 0 Å². The molecule has 25 heavy (non-hydrogen) atoms. The summed E-state index contributed by atoms with van der Waals surface area (Å²) < 4.78 is 1.91. The van der Waals surface area contributed by atoms with Crippen LogP contribution in [0.2, 0.25) is 0 Å². The average Bonchev–Trinajstić information content (AvgIpc) is 2.82. The summed E-state index contributed by atoms with van der Waals surface area (Å²) >= 11 is 6.39. The lowest BCUT2D eigenvalue weighted by Gasteiger charge is -2.04. The minimum absolute atomic E-state index is 0.00455. The van der Waals surface area contributed by atoms with Crippen molar-refractivity contribution in [3.63, 3.8) is 0 Å². The lowest BCUT2D eigenvalue weighted by atomic mass is 10.1. The first-order chi connectivity index (χ1) is 12.0. The number of aliphatic carboxylic acids is 1. The second-order valence-corrected chi connectivity index (χ2v) is 7.10. The third-order valence-corrected chi connectivity index (χ3v) is 5.06. The molecule has 0 atom stereocenters. The Hall–Kier alpha value is -2.58. The van der Waals surface area contributed by atoms with Gasteiger partial charge < -0.3 is 10.2 Å². The van der Waals surface area contributed by atoms with E-state index in [0.29, 0.717) is 32.7 Å². The summed E-state index contributed by atoms with van der Waals surface area (Å²) in [5, 5.41) is 20.5. The van der Waals surface area contributed by atoms with Gasteiger partial charge in [0.2, 0.25) is 5.88 Å². The molecule has 2 N–H and O–H groups in total. The normalized spacial score (nSPS) is 14.7. The molecular formula is C17H14N2O4S2. The number of carboxylic acid groups (broad SMARTS) is 1. The second-order valence-electron chi connectivity index (χ2n) is 5.42. The number of aromatic nitrogens is 1. The van der Waals surface area contributed by atoms with Crippen LogP contribution in [0, 0.1) is 3.95 Å². The van der Waals surface area contributed by atoms with E-state index in [-0.39, 0.29) is 18.2 Å². The Labute approximate surface area is 151 Å². The lowest BCUT2D eigenvalue weighted by molar-refractivity contribution is -0.137. The minimum atomic E-state index is -0.897. The van der Waals surface area contributed by atoms with E-state index in [4.69, 9.17) is 17.3 Å². The molecule has 0 saturated heterocycles. The first kappa shape index (κ1) is 17.2. The topological polar surface area (TPSA) is 91.9 Å². The van der Waals surface area contributed by atoms with E-state index in [9.17, 15) is 14.7 Å². The van der Waals surface area contributed by atoms with Crippen molar-refractivity contribution in [1.29, 1.82) is 0 Å². The predicted molar refractivity (Wildman–Crippen MR) is 96.3 cm³/mol. The summed E-state index contributed by atoms with van der Waals surface area (Å²) in [5.74, 6) is -1.34. The quantitative estimate of drug-likeness (QED) is 0.616. The van der Waals surface area contributed by atoms with Crippen LogP contribution in [0.1, 0.15) is 17.7 Å². The smallest absolute Gasteiger partial charge is 0.303 e. The molecule has 128 valence electrons. The maximum absolute atomic E-state index is 12.2. The van der Waals surface area contributed by atoms with Crippen molar-refractivity contribution in [1.82, 2.24) is 4.57 Å². The number of nitrogens with zero attached hydrogens (tertiary/aromatic N) is 2. The van der Waals surface area contributed by atoms with E-state index >= 15 is 0 Å². The standard InChI is InChI=1S/C17H14N2O4S2/c20-14(21)6-3-7-19-16(23)13(25-17(19)24)9-11-8-10-4-1-2-5-12(10)18-15(11)22/h1-2,4-5,8-9,23H,3,6-7H2,(H,20,21)/b11-9-. The summed E-state index contributed by atoms with van der Waals surface area (Å²) in [6.07, 6.45) is 3.64. The molecule has 1 aromatic heterocycles. The first-order valence-electron chi connectivity index (χ1n) is 7.51. The number of aromatic hydroxyl groups is 1. The Morgan fingerprint density at radius 1 is 1.36 bits per heavy atom. The molecule has 3 rings (SSSR count). The number of benzene rings is 1. The molecule has 0 spiro atoms. The number of thiazole rings is 1. The molecule has 1 aliphatic heterocycles. The van der Waals surface area contributed by atoms with E-state index < -0.39 is 5.97 Å². The first-order valence-corrected chi connectivity index (χ1v) is 8.74. The van der Waals surface area contributed by atoms with Gasteiger partial charge in [-0.05, 0) is 36.9 Å². The SMILES string of the molecule is O=C(O)CCCn1c(O)c(/C=C2/C=c3ccccc3=NC2=O)sc1=S.